The summed E-state index contributed by atoms with van der Waals surface area (Å²) in [5.74, 6) is -3.94. The maximum absolute atomic E-state index is 15.1. The minimum absolute atomic E-state index is 0.0803. The minimum atomic E-state index is -4.87. The van der Waals surface area contributed by atoms with Gasteiger partial charge in [0.2, 0.25) is 0 Å². The van der Waals surface area contributed by atoms with E-state index in [-0.39, 0.29) is 34.2 Å². The van der Waals surface area contributed by atoms with Gasteiger partial charge >= 0.3 is 12.2 Å². The number of benzene rings is 2. The predicted molar refractivity (Wildman–Crippen MR) is 150 cm³/mol. The molecule has 0 aliphatic heterocycles. The molecule has 3 N–H and O–H groups in total. The number of rotatable bonds is 10. The molecule has 0 radical (unpaired) electrons. The van der Waals surface area contributed by atoms with Crippen molar-refractivity contribution in [3.63, 3.8) is 0 Å². The molecular weight excluding hydrogens is 540 g/mol. The Morgan fingerprint density at radius 3 is 2.21 bits per heavy atom. The predicted octanol–water partition coefficient (Wildman–Crippen LogP) is 9.49. The molecule has 0 bridgehead atoms. The number of nitrogens with two attached hydrogens (primary N) is 1. The van der Waals surface area contributed by atoms with Crippen molar-refractivity contribution >= 4 is 34.9 Å². The van der Waals surface area contributed by atoms with E-state index < -0.39 is 35.1 Å². The number of alkyl halides is 5. The van der Waals surface area contributed by atoms with Crippen LogP contribution in [0.5, 0.6) is 0 Å². The molecule has 0 fully saturated rings. The van der Waals surface area contributed by atoms with Crippen molar-refractivity contribution in [2.45, 2.75) is 59.2 Å². The third-order valence-corrected chi connectivity index (χ3v) is 6.02. The lowest BCUT2D eigenvalue weighted by atomic mass is 9.89. The largest absolute Gasteiger partial charge is 0.399 e. The van der Waals surface area contributed by atoms with Crippen molar-refractivity contribution in [2.75, 3.05) is 6.54 Å². The normalized spacial score (nSPS) is 13.6. The quantitative estimate of drug-likeness (QED) is 0.126. The average molecular weight is 574 g/mol. The molecule has 3 nitrogen and oxygen atoms in total. The Kier molecular flexibility index (Phi) is 12.7. The fraction of sp³-hybridized carbons (Fsp3) is 0.379. The van der Waals surface area contributed by atoms with Gasteiger partial charge in [-0.2, -0.15) is 22.0 Å². The lowest BCUT2D eigenvalue weighted by molar-refractivity contribution is -0.139. The van der Waals surface area contributed by atoms with Crippen LogP contribution in [0.25, 0.3) is 11.4 Å². The molecular formula is C29H34ClF6N3. The van der Waals surface area contributed by atoms with Crippen molar-refractivity contribution in [3.05, 3.63) is 81.9 Å². The summed E-state index contributed by atoms with van der Waals surface area (Å²) >= 11 is 5.96. The third-order valence-electron chi connectivity index (χ3n) is 5.61. The highest BCUT2D eigenvalue weighted by atomic mass is 35.5. The summed E-state index contributed by atoms with van der Waals surface area (Å²) in [4.78, 5) is 4.34. The van der Waals surface area contributed by atoms with Gasteiger partial charge in [0.1, 0.15) is 11.7 Å². The van der Waals surface area contributed by atoms with Crippen molar-refractivity contribution in [1.82, 2.24) is 0 Å². The molecule has 2 rings (SSSR count). The Labute approximate surface area is 231 Å². The van der Waals surface area contributed by atoms with E-state index in [1.54, 1.807) is 20.8 Å². The van der Waals surface area contributed by atoms with Crippen LogP contribution in [0.4, 0.5) is 26.3 Å². The van der Waals surface area contributed by atoms with E-state index in [1.807, 2.05) is 13.8 Å². The lowest BCUT2D eigenvalue weighted by Crippen LogP contribution is -2.27. The molecule has 2 aromatic carbocycles. The highest BCUT2D eigenvalue weighted by molar-refractivity contribution is 6.31. The molecule has 0 amide bonds. The van der Waals surface area contributed by atoms with E-state index >= 15 is 4.39 Å². The number of hydrogen-bond donors (Lipinski definition) is 2. The van der Waals surface area contributed by atoms with E-state index in [9.17, 15) is 22.0 Å². The average Bonchev–Trinajstić information content (AvgIpc) is 2.86. The Morgan fingerprint density at radius 1 is 1.10 bits per heavy atom. The van der Waals surface area contributed by atoms with Crippen LogP contribution in [-0.2, 0) is 6.05 Å². The van der Waals surface area contributed by atoms with Crippen LogP contribution < -0.4 is 5.73 Å². The van der Waals surface area contributed by atoms with Crippen LogP contribution in [0, 0.1) is 18.3 Å². The molecule has 39 heavy (non-hydrogen) atoms. The van der Waals surface area contributed by atoms with E-state index in [0.29, 0.717) is 23.8 Å². The zero-order chi connectivity index (χ0) is 30.1. The van der Waals surface area contributed by atoms with Gasteiger partial charge in [0.15, 0.2) is 0 Å². The molecule has 0 aliphatic rings. The SMILES string of the molecule is C=C(C(=NCCC=N)C(C)C)c1ccc(/C(F)=C/C(c2ccc(C)c(Cl)c2)C(F)(F)F)cc1C(N)(F)F.CC. The monoisotopic (exact) mass is 573 g/mol. The molecule has 214 valence electrons. The maximum Gasteiger partial charge on any atom is 0.399 e. The van der Waals surface area contributed by atoms with Crippen molar-refractivity contribution in [3.8, 4) is 0 Å². The zero-order valence-corrected chi connectivity index (χ0v) is 23.3. The first-order valence-electron chi connectivity index (χ1n) is 12.3. The highest BCUT2D eigenvalue weighted by Gasteiger charge is 2.40. The molecule has 1 unspecified atom stereocenters. The molecule has 0 spiro atoms. The third kappa shape index (κ3) is 9.35. The maximum atomic E-state index is 15.1. The Bertz CT molecular complexity index is 1210. The van der Waals surface area contributed by atoms with Crippen molar-refractivity contribution in [2.24, 2.45) is 16.6 Å². The fourth-order valence-electron chi connectivity index (χ4n) is 3.67. The van der Waals surface area contributed by atoms with Crippen LogP contribution in [0.1, 0.15) is 67.9 Å². The molecule has 0 aromatic heterocycles. The van der Waals surface area contributed by atoms with Gasteiger partial charge in [-0.25, -0.2) is 4.39 Å². The standard InChI is InChI=1S/C27H28ClF6N3.C2H6/c1-15(2)25(37-11-5-10-35)17(4)20-9-8-19(12-22(20)27(33,34)36)24(29)14-21(26(30,31)32)18-7-6-16(3)23(28)13-18;1-2/h6-10,12-15,21,35H,4-5,11,36H2,1-3H3;1-2H3/b24-14-,35-10?,37-25?;. The van der Waals surface area contributed by atoms with Gasteiger partial charge in [-0.3, -0.25) is 10.7 Å². The van der Waals surface area contributed by atoms with Crippen LogP contribution in [0.15, 0.2) is 54.0 Å². The van der Waals surface area contributed by atoms with Gasteiger partial charge < -0.3 is 5.41 Å². The molecule has 1 atom stereocenters. The molecule has 2 aromatic rings. The second-order valence-corrected chi connectivity index (χ2v) is 9.23. The van der Waals surface area contributed by atoms with E-state index in [1.165, 1.54) is 12.1 Å². The molecule has 10 heteroatoms. The molecule has 0 heterocycles. The van der Waals surface area contributed by atoms with Gasteiger partial charge in [-0.15, -0.1) is 0 Å². The molecule has 0 saturated heterocycles. The minimum Gasteiger partial charge on any atom is -0.313 e. The Hall–Kier alpha value is -2.91. The van der Waals surface area contributed by atoms with Crippen LogP contribution in [0.2, 0.25) is 5.02 Å². The summed E-state index contributed by atoms with van der Waals surface area (Å²) in [5, 5.41) is 7.20. The first-order valence-corrected chi connectivity index (χ1v) is 12.7. The number of nitrogens with zero attached hydrogens (tertiary/aromatic N) is 1. The summed E-state index contributed by atoms with van der Waals surface area (Å²) in [5.41, 5.74) is 4.42. The number of aryl methyl sites for hydroxylation is 1. The Morgan fingerprint density at radius 2 is 1.72 bits per heavy atom. The smallest absolute Gasteiger partial charge is 0.313 e. The van der Waals surface area contributed by atoms with Crippen LogP contribution >= 0.6 is 11.6 Å². The summed E-state index contributed by atoms with van der Waals surface area (Å²) in [6, 6.07) is 2.66. The summed E-state index contributed by atoms with van der Waals surface area (Å²) in [6.07, 6.45) is -3.05. The van der Waals surface area contributed by atoms with Gasteiger partial charge in [-0.05, 0) is 59.5 Å². The van der Waals surface area contributed by atoms with E-state index in [0.717, 1.165) is 30.5 Å². The molecule has 0 aliphatic carbocycles. The number of hydrogen-bond acceptors (Lipinski definition) is 3. The van der Waals surface area contributed by atoms with Crippen LogP contribution in [-0.4, -0.2) is 24.6 Å². The van der Waals surface area contributed by atoms with Crippen molar-refractivity contribution in [1.29, 1.82) is 5.41 Å². The zero-order valence-electron chi connectivity index (χ0n) is 22.6. The first-order chi connectivity index (χ1) is 18.1. The van der Waals surface area contributed by atoms with Gasteiger partial charge in [0, 0.05) is 34.8 Å². The number of aliphatic imine (C=N–C) groups is 1. The van der Waals surface area contributed by atoms with Crippen LogP contribution in [0.3, 0.4) is 0 Å². The second kappa shape index (κ2) is 14.5. The summed E-state index contributed by atoms with van der Waals surface area (Å²) in [7, 11) is 0. The number of allylic oxidation sites excluding steroid dienone is 2. The topological polar surface area (TPSA) is 62.2 Å². The summed E-state index contributed by atoms with van der Waals surface area (Å²) in [6.45, 7) is 13.3. The number of nitrogens with one attached hydrogen (secondary N) is 1. The second-order valence-electron chi connectivity index (χ2n) is 8.82. The van der Waals surface area contributed by atoms with E-state index in [2.05, 4.69) is 11.6 Å². The lowest BCUT2D eigenvalue weighted by Gasteiger charge is -2.21. The highest BCUT2D eigenvalue weighted by Crippen LogP contribution is 2.40. The van der Waals surface area contributed by atoms with Gasteiger partial charge in [-0.1, -0.05) is 70.1 Å². The summed E-state index contributed by atoms with van der Waals surface area (Å²) < 4.78 is 85.4. The fourth-order valence-corrected chi connectivity index (χ4v) is 3.86. The van der Waals surface area contributed by atoms with E-state index in [4.69, 9.17) is 22.7 Å². The number of halogens is 7. The molecule has 0 saturated carbocycles. The van der Waals surface area contributed by atoms with Gasteiger partial charge in [0.05, 0.1) is 0 Å². The Balaban J connectivity index is 0.00000371. The van der Waals surface area contributed by atoms with Crippen molar-refractivity contribution < 1.29 is 26.3 Å². The van der Waals surface area contributed by atoms with Gasteiger partial charge in [0.25, 0.3) is 0 Å². The first kappa shape index (κ1) is 34.1.